The normalized spacial score (nSPS) is 6.91. The van der Waals surface area contributed by atoms with Gasteiger partial charge in [-0.2, -0.15) is 0 Å². The van der Waals surface area contributed by atoms with Gasteiger partial charge in [0.15, 0.2) is 0 Å². The molecular weight excluding hydrogens is 144 g/mol. The molecule has 0 spiro atoms. The van der Waals surface area contributed by atoms with Gasteiger partial charge < -0.3 is 4.74 Å². The molecule has 0 atom stereocenters. The monoisotopic (exact) mass is 150 g/mol. The summed E-state index contributed by atoms with van der Waals surface area (Å²) < 4.78 is 4.14. The zero-order valence-electron chi connectivity index (χ0n) is 6.01. The number of terminal acetylenes is 1. The molecule has 0 heterocycles. The van der Waals surface area contributed by atoms with Gasteiger partial charge in [0.2, 0.25) is 0 Å². The second kappa shape index (κ2) is 5.08. The summed E-state index contributed by atoms with van der Waals surface area (Å²) in [5.74, 6) is 4.74. The number of hydrogen-bond donors (Lipinski definition) is 0. The first-order valence-corrected chi connectivity index (χ1v) is 2.81. The predicted molar refractivity (Wildman–Crippen MR) is 38.0 cm³/mol. The SMILES string of the molecule is C#CCC(=O)OC(=O)C#CC. The molecule has 0 amide bonds. The topological polar surface area (TPSA) is 43.4 Å². The van der Waals surface area contributed by atoms with E-state index in [4.69, 9.17) is 6.42 Å². The summed E-state index contributed by atoms with van der Waals surface area (Å²) in [6.45, 7) is 1.47. The van der Waals surface area contributed by atoms with E-state index in [2.05, 4.69) is 10.7 Å². The fraction of sp³-hybridized carbons (Fsp3) is 0.250. The second-order valence-corrected chi connectivity index (χ2v) is 1.52. The van der Waals surface area contributed by atoms with E-state index in [9.17, 15) is 9.59 Å². The fourth-order valence-electron chi connectivity index (χ4n) is 0.350. The highest BCUT2D eigenvalue weighted by molar-refractivity contribution is 5.96. The molecule has 0 radical (unpaired) electrons. The Kier molecular flexibility index (Phi) is 4.27. The van der Waals surface area contributed by atoms with Crippen LogP contribution in [0.2, 0.25) is 0 Å². The van der Waals surface area contributed by atoms with Gasteiger partial charge in [-0.05, 0) is 6.92 Å². The van der Waals surface area contributed by atoms with E-state index in [-0.39, 0.29) is 6.42 Å². The molecular formula is C8H6O3. The third-order valence-electron chi connectivity index (χ3n) is 0.680. The van der Waals surface area contributed by atoms with E-state index in [0.717, 1.165) is 0 Å². The maximum absolute atomic E-state index is 10.5. The summed E-state index contributed by atoms with van der Waals surface area (Å²) in [4.78, 5) is 20.9. The van der Waals surface area contributed by atoms with Crippen LogP contribution in [0.4, 0.5) is 0 Å². The lowest BCUT2D eigenvalue weighted by atomic mass is 10.5. The van der Waals surface area contributed by atoms with Crippen LogP contribution in [0.15, 0.2) is 0 Å². The van der Waals surface area contributed by atoms with Gasteiger partial charge in [0.25, 0.3) is 0 Å². The molecule has 0 aliphatic heterocycles. The third-order valence-corrected chi connectivity index (χ3v) is 0.680. The molecule has 3 heteroatoms. The van der Waals surface area contributed by atoms with E-state index in [1.165, 1.54) is 6.92 Å². The first-order valence-electron chi connectivity index (χ1n) is 2.81. The number of ether oxygens (including phenoxy) is 1. The van der Waals surface area contributed by atoms with Crippen molar-refractivity contribution in [2.75, 3.05) is 0 Å². The van der Waals surface area contributed by atoms with Gasteiger partial charge >= 0.3 is 11.9 Å². The average molecular weight is 150 g/mol. The molecule has 0 saturated heterocycles. The predicted octanol–water partition coefficient (Wildman–Crippen LogP) is 0.103. The molecule has 0 aromatic carbocycles. The van der Waals surface area contributed by atoms with E-state index >= 15 is 0 Å². The van der Waals surface area contributed by atoms with E-state index in [0.29, 0.717) is 0 Å². The number of rotatable bonds is 1. The molecule has 56 valence electrons. The molecule has 0 aromatic rings. The molecule has 0 bridgehead atoms. The highest BCUT2D eigenvalue weighted by Gasteiger charge is 2.04. The Balaban J connectivity index is 3.84. The van der Waals surface area contributed by atoms with E-state index in [1.807, 2.05) is 11.8 Å². The van der Waals surface area contributed by atoms with Crippen LogP contribution in [0.25, 0.3) is 0 Å². The Morgan fingerprint density at radius 2 is 2.18 bits per heavy atom. The molecule has 0 unspecified atom stereocenters. The van der Waals surface area contributed by atoms with Crippen LogP contribution < -0.4 is 0 Å². The number of carbonyl (C=O) groups excluding carboxylic acids is 2. The molecule has 0 fully saturated rings. The van der Waals surface area contributed by atoms with Crippen LogP contribution in [0, 0.1) is 24.2 Å². The molecule has 11 heavy (non-hydrogen) atoms. The van der Waals surface area contributed by atoms with Crippen LogP contribution >= 0.6 is 0 Å². The standard InChI is InChI=1S/C8H6O3/c1-3-5-7(9)11-8(10)6-4-2/h1H,5H2,2H3. The Morgan fingerprint density at radius 3 is 2.64 bits per heavy atom. The third kappa shape index (κ3) is 4.74. The first-order chi connectivity index (χ1) is 5.20. The molecule has 0 N–H and O–H groups in total. The molecule has 3 nitrogen and oxygen atoms in total. The maximum atomic E-state index is 10.5. The molecule has 0 saturated carbocycles. The van der Waals surface area contributed by atoms with Crippen LogP contribution in [0.3, 0.4) is 0 Å². The smallest absolute Gasteiger partial charge is 0.382 e. The largest absolute Gasteiger partial charge is 0.392 e. The summed E-state index contributed by atoms with van der Waals surface area (Å²) >= 11 is 0. The van der Waals surface area contributed by atoms with Gasteiger partial charge in [0.1, 0.15) is 6.42 Å². The average Bonchev–Trinajstić information content (AvgIpc) is 1.87. The van der Waals surface area contributed by atoms with Crippen molar-refractivity contribution >= 4 is 11.9 Å². The minimum absolute atomic E-state index is 0.211. The highest BCUT2D eigenvalue weighted by Crippen LogP contribution is 1.84. The van der Waals surface area contributed by atoms with Crippen molar-refractivity contribution in [3.63, 3.8) is 0 Å². The quantitative estimate of drug-likeness (QED) is 0.230. The Hall–Kier alpha value is -1.74. The van der Waals surface area contributed by atoms with Crippen LogP contribution in [0.1, 0.15) is 13.3 Å². The first kappa shape index (κ1) is 9.26. The minimum atomic E-state index is -0.868. The fourth-order valence-corrected chi connectivity index (χ4v) is 0.350. The van der Waals surface area contributed by atoms with Gasteiger partial charge in [-0.25, -0.2) is 4.79 Å². The van der Waals surface area contributed by atoms with Crippen molar-refractivity contribution in [1.29, 1.82) is 0 Å². The summed E-state index contributed by atoms with van der Waals surface area (Å²) in [5, 5.41) is 0. The van der Waals surface area contributed by atoms with E-state index in [1.54, 1.807) is 0 Å². The number of carbonyl (C=O) groups is 2. The van der Waals surface area contributed by atoms with Gasteiger partial charge in [-0.3, -0.25) is 4.79 Å². The van der Waals surface area contributed by atoms with Gasteiger partial charge in [-0.1, -0.05) is 11.8 Å². The molecule has 0 rings (SSSR count). The summed E-state index contributed by atoms with van der Waals surface area (Å²) in [7, 11) is 0. The lowest BCUT2D eigenvalue weighted by Crippen LogP contribution is -2.09. The van der Waals surface area contributed by atoms with Gasteiger partial charge in [-0.15, -0.1) is 6.42 Å². The molecule has 0 aliphatic rings. The van der Waals surface area contributed by atoms with Crippen LogP contribution in [-0.4, -0.2) is 11.9 Å². The highest BCUT2D eigenvalue weighted by atomic mass is 16.6. The van der Waals surface area contributed by atoms with Gasteiger partial charge in [0.05, 0.1) is 0 Å². The van der Waals surface area contributed by atoms with Crippen molar-refractivity contribution in [2.24, 2.45) is 0 Å². The summed E-state index contributed by atoms with van der Waals surface area (Å²) in [5.41, 5.74) is 0. The van der Waals surface area contributed by atoms with Crippen molar-refractivity contribution in [3.05, 3.63) is 0 Å². The minimum Gasteiger partial charge on any atom is -0.382 e. The van der Waals surface area contributed by atoms with Crippen molar-refractivity contribution in [3.8, 4) is 24.2 Å². The number of hydrogen-bond acceptors (Lipinski definition) is 3. The zero-order chi connectivity index (χ0) is 8.69. The van der Waals surface area contributed by atoms with Crippen LogP contribution in [0.5, 0.6) is 0 Å². The van der Waals surface area contributed by atoms with Gasteiger partial charge in [0, 0.05) is 5.92 Å². The summed E-state index contributed by atoms with van der Waals surface area (Å²) in [6, 6.07) is 0. The second-order valence-electron chi connectivity index (χ2n) is 1.52. The van der Waals surface area contributed by atoms with Crippen LogP contribution in [-0.2, 0) is 14.3 Å². The number of esters is 2. The maximum Gasteiger partial charge on any atom is 0.392 e. The lowest BCUT2D eigenvalue weighted by molar-refractivity contribution is -0.154. The van der Waals surface area contributed by atoms with Crippen molar-refractivity contribution < 1.29 is 14.3 Å². The van der Waals surface area contributed by atoms with E-state index < -0.39 is 11.9 Å². The zero-order valence-corrected chi connectivity index (χ0v) is 6.01. The Morgan fingerprint density at radius 1 is 1.55 bits per heavy atom. The van der Waals surface area contributed by atoms with Crippen molar-refractivity contribution in [2.45, 2.75) is 13.3 Å². The Bertz CT molecular complexity index is 259. The molecule has 0 aliphatic carbocycles. The summed E-state index contributed by atoms with van der Waals surface area (Å²) in [6.07, 6.45) is 4.57. The van der Waals surface area contributed by atoms with Crippen molar-refractivity contribution in [1.82, 2.24) is 0 Å². The Labute approximate surface area is 64.7 Å². The molecule has 0 aromatic heterocycles. The lowest BCUT2D eigenvalue weighted by Gasteiger charge is -1.91.